The molecule has 0 aromatic carbocycles. The molecule has 0 aliphatic heterocycles. The van der Waals surface area contributed by atoms with E-state index in [0.29, 0.717) is 47.7 Å². The van der Waals surface area contributed by atoms with Crippen molar-refractivity contribution in [2.45, 2.75) is 19.6 Å². The molecule has 0 fully saturated rings. The molecule has 0 saturated heterocycles. The molecule has 8 heteroatoms. The molecule has 4 rings (SSSR count). The zero-order valence-corrected chi connectivity index (χ0v) is 13.2. The number of nitrogens with zero attached hydrogens (tertiary/aromatic N) is 5. The van der Waals surface area contributed by atoms with E-state index in [4.69, 9.17) is 14.0 Å². The van der Waals surface area contributed by atoms with E-state index in [0.717, 1.165) is 0 Å². The molecule has 0 aliphatic carbocycles. The maximum absolute atomic E-state index is 9.11. The third-order valence-electron chi connectivity index (χ3n) is 3.68. The van der Waals surface area contributed by atoms with Gasteiger partial charge in [-0.05, 0) is 24.3 Å². The second-order valence-corrected chi connectivity index (χ2v) is 5.35. The molecule has 0 bridgehead atoms. The van der Waals surface area contributed by atoms with Gasteiger partial charge in [0.1, 0.15) is 18.1 Å². The highest BCUT2D eigenvalue weighted by Gasteiger charge is 2.13. The lowest BCUT2D eigenvalue weighted by Crippen LogP contribution is -2.02. The first-order valence-corrected chi connectivity index (χ1v) is 7.78. The van der Waals surface area contributed by atoms with Crippen molar-refractivity contribution in [3.05, 3.63) is 60.6 Å². The van der Waals surface area contributed by atoms with Gasteiger partial charge in [0, 0.05) is 31.6 Å². The molecule has 0 unspecified atom stereocenters. The van der Waals surface area contributed by atoms with Crippen LogP contribution in [0, 0.1) is 0 Å². The molecule has 0 amide bonds. The minimum Gasteiger partial charge on any atom is -0.455 e. The maximum Gasteiger partial charge on any atom is 0.228 e. The summed E-state index contributed by atoms with van der Waals surface area (Å²) in [5.41, 5.74) is 0.674. The lowest BCUT2D eigenvalue weighted by atomic mass is 10.3. The van der Waals surface area contributed by atoms with Crippen molar-refractivity contribution in [2.75, 3.05) is 0 Å². The molecule has 4 heterocycles. The number of furan rings is 1. The summed E-state index contributed by atoms with van der Waals surface area (Å²) in [5, 5.41) is 13.1. The van der Waals surface area contributed by atoms with E-state index in [2.05, 4.69) is 20.1 Å². The molecule has 0 spiro atoms. The summed E-state index contributed by atoms with van der Waals surface area (Å²) >= 11 is 0. The number of rotatable bonds is 6. The molecule has 1 N–H and O–H groups in total. The van der Waals surface area contributed by atoms with E-state index >= 15 is 0 Å². The van der Waals surface area contributed by atoms with E-state index in [-0.39, 0.29) is 6.61 Å². The first kappa shape index (κ1) is 15.3. The van der Waals surface area contributed by atoms with Crippen LogP contribution in [0.15, 0.2) is 57.9 Å². The fourth-order valence-corrected chi connectivity index (χ4v) is 2.47. The molecule has 0 atom stereocenters. The van der Waals surface area contributed by atoms with Gasteiger partial charge in [-0.3, -0.25) is 4.98 Å². The van der Waals surface area contributed by atoms with Crippen LogP contribution in [0.1, 0.15) is 11.7 Å². The Morgan fingerprint density at radius 3 is 2.84 bits per heavy atom. The molecular formula is C17H15N5O3. The summed E-state index contributed by atoms with van der Waals surface area (Å²) in [6, 6.07) is 9.06. The number of hydrogen-bond donors (Lipinski definition) is 1. The minimum atomic E-state index is -0.140. The Balaban J connectivity index is 1.48. The van der Waals surface area contributed by atoms with Gasteiger partial charge in [0.05, 0.1) is 0 Å². The molecule has 25 heavy (non-hydrogen) atoms. The largest absolute Gasteiger partial charge is 0.455 e. The van der Waals surface area contributed by atoms with E-state index in [1.54, 1.807) is 24.5 Å². The molecule has 0 radical (unpaired) electrons. The molecule has 0 saturated carbocycles. The Kier molecular flexibility index (Phi) is 4.09. The van der Waals surface area contributed by atoms with Crippen molar-refractivity contribution in [3.63, 3.8) is 0 Å². The summed E-state index contributed by atoms with van der Waals surface area (Å²) in [6.07, 6.45) is 5.79. The van der Waals surface area contributed by atoms with E-state index in [1.807, 2.05) is 29.0 Å². The zero-order chi connectivity index (χ0) is 17.1. The van der Waals surface area contributed by atoms with Crippen molar-refractivity contribution in [1.82, 2.24) is 24.7 Å². The Morgan fingerprint density at radius 1 is 1.08 bits per heavy atom. The van der Waals surface area contributed by atoms with Crippen LogP contribution in [-0.4, -0.2) is 29.8 Å². The highest BCUT2D eigenvalue weighted by molar-refractivity contribution is 5.48. The average molecular weight is 337 g/mol. The maximum atomic E-state index is 9.11. The van der Waals surface area contributed by atoms with Gasteiger partial charge in [0.2, 0.25) is 11.7 Å². The number of aryl methyl sites for hydroxylation is 2. The quantitative estimate of drug-likeness (QED) is 0.576. The zero-order valence-electron chi connectivity index (χ0n) is 13.2. The highest BCUT2D eigenvalue weighted by atomic mass is 16.5. The van der Waals surface area contributed by atoms with Gasteiger partial charge in [-0.1, -0.05) is 11.2 Å². The third-order valence-corrected chi connectivity index (χ3v) is 3.68. The van der Waals surface area contributed by atoms with Gasteiger partial charge < -0.3 is 18.6 Å². The second-order valence-electron chi connectivity index (χ2n) is 5.35. The van der Waals surface area contributed by atoms with Crippen molar-refractivity contribution in [2.24, 2.45) is 0 Å². The van der Waals surface area contributed by atoms with E-state index in [1.165, 1.54) is 0 Å². The number of aromatic nitrogens is 5. The molecule has 4 aromatic rings. The average Bonchev–Trinajstić information content (AvgIpc) is 3.39. The Labute approximate surface area is 142 Å². The third kappa shape index (κ3) is 3.20. The van der Waals surface area contributed by atoms with Gasteiger partial charge >= 0.3 is 0 Å². The normalized spacial score (nSPS) is 11.1. The molecule has 0 aliphatic rings. The Bertz CT molecular complexity index is 958. The summed E-state index contributed by atoms with van der Waals surface area (Å²) in [7, 11) is 0. The van der Waals surface area contributed by atoms with Crippen LogP contribution in [0.5, 0.6) is 0 Å². The van der Waals surface area contributed by atoms with Crippen molar-refractivity contribution < 1.29 is 14.0 Å². The SMILES string of the molecule is OCc1ccc(-c2nccn2CCc2nc(-c3ccccn3)no2)o1. The van der Waals surface area contributed by atoms with Crippen LogP contribution < -0.4 is 0 Å². The monoisotopic (exact) mass is 337 g/mol. The summed E-state index contributed by atoms with van der Waals surface area (Å²) in [4.78, 5) is 12.9. The topological polar surface area (TPSA) is 103 Å². The van der Waals surface area contributed by atoms with Crippen LogP contribution in [0.4, 0.5) is 0 Å². The Morgan fingerprint density at radius 2 is 2.04 bits per heavy atom. The number of hydrogen-bond acceptors (Lipinski definition) is 7. The molecule has 8 nitrogen and oxygen atoms in total. The van der Waals surface area contributed by atoms with Crippen molar-refractivity contribution in [1.29, 1.82) is 0 Å². The van der Waals surface area contributed by atoms with Crippen LogP contribution in [0.25, 0.3) is 23.1 Å². The van der Waals surface area contributed by atoms with Crippen LogP contribution >= 0.6 is 0 Å². The van der Waals surface area contributed by atoms with Gasteiger partial charge in [-0.25, -0.2) is 4.98 Å². The van der Waals surface area contributed by atoms with Crippen LogP contribution in [0.3, 0.4) is 0 Å². The first-order valence-electron chi connectivity index (χ1n) is 7.78. The number of aliphatic hydroxyl groups excluding tert-OH is 1. The minimum absolute atomic E-state index is 0.140. The fourth-order valence-electron chi connectivity index (χ4n) is 2.47. The van der Waals surface area contributed by atoms with E-state index < -0.39 is 0 Å². The second kappa shape index (κ2) is 6.70. The lowest BCUT2D eigenvalue weighted by Gasteiger charge is -2.03. The van der Waals surface area contributed by atoms with Crippen molar-refractivity contribution >= 4 is 0 Å². The van der Waals surface area contributed by atoms with Crippen LogP contribution in [0.2, 0.25) is 0 Å². The number of pyridine rings is 1. The first-order chi connectivity index (χ1) is 12.3. The van der Waals surface area contributed by atoms with Gasteiger partial charge in [0.15, 0.2) is 11.6 Å². The molecule has 4 aromatic heterocycles. The Hall–Kier alpha value is -3.26. The standard InChI is InChI=1S/C17H15N5O3/c23-11-12-4-5-14(24-12)17-19-8-10-22(17)9-6-15-20-16(21-25-15)13-3-1-2-7-18-13/h1-5,7-8,10,23H,6,9,11H2. The summed E-state index contributed by atoms with van der Waals surface area (Å²) in [5.74, 6) is 2.79. The molecular weight excluding hydrogens is 322 g/mol. The predicted molar refractivity (Wildman–Crippen MR) is 87.1 cm³/mol. The van der Waals surface area contributed by atoms with Gasteiger partial charge in [-0.15, -0.1) is 0 Å². The summed E-state index contributed by atoms with van der Waals surface area (Å²) < 4.78 is 12.8. The number of aliphatic hydroxyl groups is 1. The summed E-state index contributed by atoms with van der Waals surface area (Å²) in [6.45, 7) is 0.466. The van der Waals surface area contributed by atoms with E-state index in [9.17, 15) is 0 Å². The highest BCUT2D eigenvalue weighted by Crippen LogP contribution is 2.21. The molecule has 126 valence electrons. The fraction of sp³-hybridized carbons (Fsp3) is 0.176. The van der Waals surface area contributed by atoms with Gasteiger partial charge in [-0.2, -0.15) is 4.98 Å². The lowest BCUT2D eigenvalue weighted by molar-refractivity contribution is 0.248. The smallest absolute Gasteiger partial charge is 0.228 e. The number of imidazole rings is 1. The van der Waals surface area contributed by atoms with Gasteiger partial charge in [0.25, 0.3) is 0 Å². The van der Waals surface area contributed by atoms with Crippen LogP contribution in [-0.2, 0) is 19.6 Å². The van der Waals surface area contributed by atoms with Crippen molar-refractivity contribution in [3.8, 4) is 23.1 Å². The predicted octanol–water partition coefficient (Wildman–Crippen LogP) is 2.32.